The molecule has 1 amide bonds. The topological polar surface area (TPSA) is 74.8 Å². The van der Waals surface area contributed by atoms with Crippen LogP contribution in [-0.4, -0.2) is 68.5 Å². The van der Waals surface area contributed by atoms with Gasteiger partial charge >= 0.3 is 0 Å². The Morgan fingerprint density at radius 2 is 1.84 bits per heavy atom. The molecule has 2 heterocycles. The maximum absolute atomic E-state index is 13.5. The number of piperazine rings is 1. The predicted octanol–water partition coefficient (Wildman–Crippen LogP) is 2.71. The SMILES string of the molecule is CNCCC(=O)N1CCN(c2nc3ccccc3c3c2-c2ccc(OC)cc2C3=O)CC1. The van der Waals surface area contributed by atoms with Crippen molar-refractivity contribution in [1.82, 2.24) is 15.2 Å². The number of aromatic nitrogens is 1. The van der Waals surface area contributed by atoms with Crippen LogP contribution >= 0.6 is 0 Å². The summed E-state index contributed by atoms with van der Waals surface area (Å²) in [5.74, 6) is 1.66. The van der Waals surface area contributed by atoms with E-state index in [-0.39, 0.29) is 11.7 Å². The Balaban J connectivity index is 1.56. The van der Waals surface area contributed by atoms with Crippen LogP contribution in [0, 0.1) is 0 Å². The van der Waals surface area contributed by atoms with Crippen LogP contribution in [-0.2, 0) is 4.79 Å². The van der Waals surface area contributed by atoms with E-state index < -0.39 is 0 Å². The van der Waals surface area contributed by atoms with Crippen molar-refractivity contribution < 1.29 is 14.3 Å². The number of pyridine rings is 1. The number of benzene rings is 2. The van der Waals surface area contributed by atoms with Gasteiger partial charge in [-0.3, -0.25) is 9.59 Å². The number of rotatable bonds is 5. The normalized spacial score (nSPS) is 15.1. The minimum Gasteiger partial charge on any atom is -0.497 e. The minimum atomic E-state index is 0.00892. The van der Waals surface area contributed by atoms with Gasteiger partial charge in [0.05, 0.1) is 12.6 Å². The quantitative estimate of drug-likeness (QED) is 0.525. The molecular weight excluding hydrogens is 404 g/mol. The van der Waals surface area contributed by atoms with Crippen molar-refractivity contribution in [3.05, 3.63) is 53.6 Å². The van der Waals surface area contributed by atoms with Crippen LogP contribution in [0.15, 0.2) is 42.5 Å². The molecule has 1 N–H and O–H groups in total. The number of amides is 1. The lowest BCUT2D eigenvalue weighted by molar-refractivity contribution is -0.131. The number of methoxy groups -OCH3 is 1. The summed E-state index contributed by atoms with van der Waals surface area (Å²) < 4.78 is 5.36. The van der Waals surface area contributed by atoms with Crippen LogP contribution in [0.5, 0.6) is 5.75 Å². The first-order valence-corrected chi connectivity index (χ1v) is 11.0. The summed E-state index contributed by atoms with van der Waals surface area (Å²) in [4.78, 5) is 35.0. The number of para-hydroxylation sites is 1. The Kier molecular flexibility index (Phi) is 5.27. The lowest BCUT2D eigenvalue weighted by Crippen LogP contribution is -2.49. The smallest absolute Gasteiger partial charge is 0.223 e. The number of hydrogen-bond donors (Lipinski definition) is 1. The molecule has 0 radical (unpaired) electrons. The zero-order chi connectivity index (χ0) is 22.2. The second-order valence-electron chi connectivity index (χ2n) is 8.16. The van der Waals surface area contributed by atoms with E-state index in [9.17, 15) is 9.59 Å². The first-order valence-electron chi connectivity index (χ1n) is 11.0. The molecule has 5 rings (SSSR count). The number of ketones is 1. The lowest BCUT2D eigenvalue weighted by Gasteiger charge is -2.36. The molecule has 2 aromatic carbocycles. The summed E-state index contributed by atoms with van der Waals surface area (Å²) in [5.41, 5.74) is 3.95. The average Bonchev–Trinajstić information content (AvgIpc) is 3.14. The van der Waals surface area contributed by atoms with Crippen molar-refractivity contribution in [1.29, 1.82) is 0 Å². The van der Waals surface area contributed by atoms with Crippen LogP contribution < -0.4 is 15.0 Å². The van der Waals surface area contributed by atoms with E-state index in [1.54, 1.807) is 7.11 Å². The highest BCUT2D eigenvalue weighted by Gasteiger charge is 2.35. The third-order valence-electron chi connectivity index (χ3n) is 6.36. The molecule has 0 saturated carbocycles. The summed E-state index contributed by atoms with van der Waals surface area (Å²) in [6.07, 6.45) is 0.504. The summed E-state index contributed by atoms with van der Waals surface area (Å²) in [6.45, 7) is 3.34. The van der Waals surface area contributed by atoms with Gasteiger partial charge in [0, 0.05) is 61.2 Å². The van der Waals surface area contributed by atoms with Crippen molar-refractivity contribution in [2.75, 3.05) is 51.8 Å². The third kappa shape index (κ3) is 3.29. The second-order valence-corrected chi connectivity index (χ2v) is 8.16. The Hall–Kier alpha value is -3.45. The van der Waals surface area contributed by atoms with Gasteiger partial charge in [-0.2, -0.15) is 0 Å². The number of ether oxygens (including phenoxy) is 1. The van der Waals surface area contributed by atoms with Gasteiger partial charge in [-0.05, 0) is 36.9 Å². The fraction of sp³-hybridized carbons (Fsp3) is 0.320. The third-order valence-corrected chi connectivity index (χ3v) is 6.36. The summed E-state index contributed by atoms with van der Waals surface area (Å²) in [5, 5.41) is 3.90. The van der Waals surface area contributed by atoms with E-state index in [0.29, 0.717) is 56.0 Å². The molecule has 0 atom stereocenters. The molecular formula is C25H26N4O3. The Labute approximate surface area is 187 Å². The summed E-state index contributed by atoms with van der Waals surface area (Å²) in [6, 6.07) is 13.5. The minimum absolute atomic E-state index is 0.00892. The first-order chi connectivity index (χ1) is 15.6. The summed E-state index contributed by atoms with van der Waals surface area (Å²) >= 11 is 0. The van der Waals surface area contributed by atoms with Crippen LogP contribution in [0.2, 0.25) is 0 Å². The molecule has 0 spiro atoms. The number of carbonyl (C=O) groups excluding carboxylic acids is 2. The van der Waals surface area contributed by atoms with Crippen molar-refractivity contribution in [3.8, 4) is 16.9 Å². The van der Waals surface area contributed by atoms with Crippen LogP contribution in [0.25, 0.3) is 22.0 Å². The first kappa shape index (κ1) is 20.5. The van der Waals surface area contributed by atoms with Gasteiger partial charge < -0.3 is 19.9 Å². The van der Waals surface area contributed by atoms with Crippen LogP contribution in [0.3, 0.4) is 0 Å². The highest BCUT2D eigenvalue weighted by Crippen LogP contribution is 2.46. The van der Waals surface area contributed by atoms with Gasteiger partial charge in [-0.15, -0.1) is 0 Å². The molecule has 2 aliphatic rings. The van der Waals surface area contributed by atoms with Crippen molar-refractivity contribution >= 4 is 28.4 Å². The largest absolute Gasteiger partial charge is 0.497 e. The average molecular weight is 431 g/mol. The highest BCUT2D eigenvalue weighted by atomic mass is 16.5. The monoisotopic (exact) mass is 430 g/mol. The number of carbonyl (C=O) groups is 2. The molecule has 1 saturated heterocycles. The lowest BCUT2D eigenvalue weighted by atomic mass is 10.0. The molecule has 3 aromatic rings. The maximum Gasteiger partial charge on any atom is 0.223 e. The van der Waals surface area contributed by atoms with E-state index >= 15 is 0 Å². The van der Waals surface area contributed by atoms with Crippen LogP contribution in [0.1, 0.15) is 22.3 Å². The second kappa shape index (κ2) is 8.24. The van der Waals surface area contributed by atoms with Gasteiger partial charge in [0.1, 0.15) is 11.6 Å². The van der Waals surface area contributed by atoms with E-state index in [0.717, 1.165) is 27.8 Å². The van der Waals surface area contributed by atoms with Gasteiger partial charge in [-0.1, -0.05) is 18.2 Å². The molecule has 0 bridgehead atoms. The van der Waals surface area contributed by atoms with Crippen molar-refractivity contribution in [2.24, 2.45) is 0 Å². The zero-order valence-electron chi connectivity index (χ0n) is 18.4. The molecule has 7 nitrogen and oxygen atoms in total. The number of nitrogens with zero attached hydrogens (tertiary/aromatic N) is 3. The van der Waals surface area contributed by atoms with E-state index in [4.69, 9.17) is 9.72 Å². The Morgan fingerprint density at radius 3 is 2.59 bits per heavy atom. The van der Waals surface area contributed by atoms with E-state index in [1.807, 2.05) is 54.4 Å². The molecule has 1 aliphatic heterocycles. The van der Waals surface area contributed by atoms with E-state index in [2.05, 4.69) is 10.2 Å². The predicted molar refractivity (Wildman–Crippen MR) is 125 cm³/mol. The fourth-order valence-electron chi connectivity index (χ4n) is 4.67. The molecule has 1 aromatic heterocycles. The van der Waals surface area contributed by atoms with Gasteiger partial charge in [-0.25, -0.2) is 4.98 Å². The fourth-order valence-corrected chi connectivity index (χ4v) is 4.67. The molecule has 32 heavy (non-hydrogen) atoms. The number of anilines is 1. The molecule has 1 aliphatic carbocycles. The highest BCUT2D eigenvalue weighted by molar-refractivity contribution is 6.28. The van der Waals surface area contributed by atoms with Crippen molar-refractivity contribution in [3.63, 3.8) is 0 Å². The maximum atomic E-state index is 13.5. The molecule has 0 unspecified atom stereocenters. The molecule has 7 heteroatoms. The Bertz CT molecular complexity index is 1220. The number of nitrogens with one attached hydrogen (secondary N) is 1. The number of fused-ring (bicyclic) bond motifs is 5. The molecule has 164 valence electrons. The zero-order valence-corrected chi connectivity index (χ0v) is 18.4. The van der Waals surface area contributed by atoms with Gasteiger partial charge in [0.2, 0.25) is 5.91 Å². The summed E-state index contributed by atoms with van der Waals surface area (Å²) in [7, 11) is 3.46. The van der Waals surface area contributed by atoms with Crippen LogP contribution in [0.4, 0.5) is 5.82 Å². The standard InChI is InChI=1S/C25H26N4O3/c1-26-10-9-21(30)28-11-13-29(14-12-28)25-23-17-8-7-16(32-2)15-19(17)24(31)22(23)18-5-3-4-6-20(18)27-25/h3-8,15,26H,9-14H2,1-2H3. The van der Waals surface area contributed by atoms with E-state index in [1.165, 1.54) is 0 Å². The number of hydrogen-bond acceptors (Lipinski definition) is 6. The molecule has 1 fully saturated rings. The Morgan fingerprint density at radius 1 is 1.06 bits per heavy atom. The van der Waals surface area contributed by atoms with Crippen molar-refractivity contribution in [2.45, 2.75) is 6.42 Å². The van der Waals surface area contributed by atoms with Gasteiger partial charge in [0.15, 0.2) is 5.78 Å². The van der Waals surface area contributed by atoms with Gasteiger partial charge in [0.25, 0.3) is 0 Å².